The van der Waals surface area contributed by atoms with Crippen LogP contribution in [0.25, 0.3) is 11.4 Å². The van der Waals surface area contributed by atoms with Crippen LogP contribution in [0.3, 0.4) is 0 Å². The second-order valence-corrected chi connectivity index (χ2v) is 6.58. The second kappa shape index (κ2) is 7.23. The summed E-state index contributed by atoms with van der Waals surface area (Å²) in [7, 11) is 1.60. The number of para-hydroxylation sites is 2. The third kappa shape index (κ3) is 3.30. The van der Waals surface area contributed by atoms with Gasteiger partial charge in [0.2, 0.25) is 17.6 Å². The van der Waals surface area contributed by atoms with E-state index in [1.165, 1.54) is 5.56 Å². The van der Waals surface area contributed by atoms with Crippen LogP contribution in [-0.4, -0.2) is 29.7 Å². The summed E-state index contributed by atoms with van der Waals surface area (Å²) in [4.78, 5) is 18.8. The van der Waals surface area contributed by atoms with Crippen molar-refractivity contribution >= 4 is 11.6 Å². The third-order valence-electron chi connectivity index (χ3n) is 4.91. The van der Waals surface area contributed by atoms with E-state index in [1.54, 1.807) is 12.0 Å². The van der Waals surface area contributed by atoms with Crippen molar-refractivity contribution < 1.29 is 14.1 Å². The molecular weight excluding hydrogens is 342 g/mol. The summed E-state index contributed by atoms with van der Waals surface area (Å²) in [6.45, 7) is 2.61. The van der Waals surface area contributed by atoms with E-state index in [1.807, 2.05) is 36.4 Å². The number of nitrogens with zero attached hydrogens (tertiary/aromatic N) is 3. The summed E-state index contributed by atoms with van der Waals surface area (Å²) in [5.41, 5.74) is 2.94. The van der Waals surface area contributed by atoms with E-state index in [9.17, 15) is 4.79 Å². The molecule has 1 aliphatic heterocycles. The molecule has 0 N–H and O–H groups in total. The maximum Gasteiger partial charge on any atom is 0.232 e. The van der Waals surface area contributed by atoms with Gasteiger partial charge in [-0.15, -0.1) is 0 Å². The molecule has 1 aliphatic rings. The Hall–Kier alpha value is -3.15. The molecule has 0 bridgehead atoms. The summed E-state index contributed by atoms with van der Waals surface area (Å²) >= 11 is 0. The predicted molar refractivity (Wildman–Crippen MR) is 102 cm³/mol. The molecule has 1 amide bonds. The number of hydrogen-bond acceptors (Lipinski definition) is 5. The zero-order valence-electron chi connectivity index (χ0n) is 15.4. The quantitative estimate of drug-likeness (QED) is 0.689. The minimum absolute atomic E-state index is 0.0246. The Labute approximate surface area is 157 Å². The van der Waals surface area contributed by atoms with Gasteiger partial charge in [0.05, 0.1) is 18.7 Å². The van der Waals surface area contributed by atoms with E-state index in [4.69, 9.17) is 9.26 Å². The number of carbonyl (C=O) groups is 1. The molecule has 6 heteroatoms. The van der Waals surface area contributed by atoms with E-state index in [2.05, 4.69) is 29.2 Å². The smallest absolute Gasteiger partial charge is 0.232 e. The number of anilines is 1. The van der Waals surface area contributed by atoms with Crippen molar-refractivity contribution in [1.82, 2.24) is 10.1 Å². The van der Waals surface area contributed by atoms with Gasteiger partial charge in [0.1, 0.15) is 5.75 Å². The van der Waals surface area contributed by atoms with Gasteiger partial charge < -0.3 is 14.2 Å². The van der Waals surface area contributed by atoms with Gasteiger partial charge in [0.25, 0.3) is 0 Å². The summed E-state index contributed by atoms with van der Waals surface area (Å²) in [6, 6.07) is 15.6. The fraction of sp³-hybridized carbons (Fsp3) is 0.286. The maximum atomic E-state index is 12.6. The monoisotopic (exact) mass is 363 g/mol. The number of benzene rings is 2. The molecule has 0 radical (unpaired) electrons. The molecule has 2 aromatic carbocycles. The Kier molecular flexibility index (Phi) is 4.62. The first kappa shape index (κ1) is 17.3. The molecule has 0 aliphatic carbocycles. The average Bonchev–Trinajstić information content (AvgIpc) is 3.35. The van der Waals surface area contributed by atoms with Crippen LogP contribution in [0.1, 0.15) is 30.7 Å². The SMILES string of the molecule is CCc1ccc(-c2noc(C3CC(=O)N(c4ccccc4OC)C3)n2)cc1. The highest BCUT2D eigenvalue weighted by molar-refractivity contribution is 5.97. The molecule has 1 aromatic heterocycles. The molecule has 0 saturated carbocycles. The van der Waals surface area contributed by atoms with Gasteiger partial charge in [0.15, 0.2) is 0 Å². The van der Waals surface area contributed by atoms with Crippen LogP contribution in [0.15, 0.2) is 53.1 Å². The van der Waals surface area contributed by atoms with Crippen LogP contribution in [0, 0.1) is 0 Å². The normalized spacial score (nSPS) is 16.7. The third-order valence-corrected chi connectivity index (χ3v) is 4.91. The molecule has 3 aromatic rings. The van der Waals surface area contributed by atoms with Crippen molar-refractivity contribution in [2.45, 2.75) is 25.7 Å². The highest BCUT2D eigenvalue weighted by Crippen LogP contribution is 2.36. The van der Waals surface area contributed by atoms with E-state index in [-0.39, 0.29) is 11.8 Å². The van der Waals surface area contributed by atoms with Gasteiger partial charge in [-0.2, -0.15) is 4.98 Å². The Morgan fingerprint density at radius 1 is 1.19 bits per heavy atom. The highest BCUT2D eigenvalue weighted by Gasteiger charge is 2.36. The van der Waals surface area contributed by atoms with E-state index < -0.39 is 0 Å². The second-order valence-electron chi connectivity index (χ2n) is 6.58. The van der Waals surface area contributed by atoms with Crippen molar-refractivity contribution in [3.05, 3.63) is 60.0 Å². The molecule has 2 heterocycles. The zero-order chi connectivity index (χ0) is 18.8. The van der Waals surface area contributed by atoms with E-state index in [0.29, 0.717) is 30.4 Å². The van der Waals surface area contributed by atoms with Gasteiger partial charge in [-0.25, -0.2) is 0 Å². The Morgan fingerprint density at radius 3 is 2.70 bits per heavy atom. The van der Waals surface area contributed by atoms with Crippen LogP contribution in [0.2, 0.25) is 0 Å². The Balaban J connectivity index is 1.55. The number of methoxy groups -OCH3 is 1. The van der Waals surface area contributed by atoms with Crippen molar-refractivity contribution in [3.8, 4) is 17.1 Å². The standard InChI is InChI=1S/C21H21N3O3/c1-3-14-8-10-15(11-9-14)20-22-21(27-23-20)16-12-19(25)24(13-16)17-6-4-5-7-18(17)26-2/h4-11,16H,3,12-13H2,1-2H3. The van der Waals surface area contributed by atoms with Gasteiger partial charge in [-0.05, 0) is 24.1 Å². The summed E-state index contributed by atoms with van der Waals surface area (Å²) in [6.07, 6.45) is 1.33. The van der Waals surface area contributed by atoms with Crippen LogP contribution in [-0.2, 0) is 11.2 Å². The number of hydrogen-bond donors (Lipinski definition) is 0. The Bertz CT molecular complexity index is 949. The lowest BCUT2D eigenvalue weighted by molar-refractivity contribution is -0.117. The average molecular weight is 363 g/mol. The Morgan fingerprint density at radius 2 is 1.96 bits per heavy atom. The number of ether oxygens (including phenoxy) is 1. The largest absolute Gasteiger partial charge is 0.495 e. The van der Waals surface area contributed by atoms with Crippen LogP contribution < -0.4 is 9.64 Å². The molecule has 1 fully saturated rings. The van der Waals surface area contributed by atoms with Crippen molar-refractivity contribution in [1.29, 1.82) is 0 Å². The number of rotatable bonds is 5. The van der Waals surface area contributed by atoms with E-state index in [0.717, 1.165) is 17.7 Å². The van der Waals surface area contributed by atoms with Crippen LogP contribution in [0.5, 0.6) is 5.75 Å². The van der Waals surface area contributed by atoms with Gasteiger partial charge >= 0.3 is 0 Å². The van der Waals surface area contributed by atoms with Gasteiger partial charge in [-0.1, -0.05) is 48.5 Å². The number of carbonyl (C=O) groups excluding carboxylic acids is 1. The van der Waals surface area contributed by atoms with Crippen molar-refractivity contribution in [2.24, 2.45) is 0 Å². The molecular formula is C21H21N3O3. The van der Waals surface area contributed by atoms with Crippen molar-refractivity contribution in [3.63, 3.8) is 0 Å². The molecule has 0 spiro atoms. The fourth-order valence-corrected chi connectivity index (χ4v) is 3.37. The number of amides is 1. The molecule has 4 rings (SSSR count). The molecule has 1 saturated heterocycles. The maximum absolute atomic E-state index is 12.6. The first-order chi connectivity index (χ1) is 13.2. The van der Waals surface area contributed by atoms with Crippen LogP contribution in [0.4, 0.5) is 5.69 Å². The van der Waals surface area contributed by atoms with Crippen molar-refractivity contribution in [2.75, 3.05) is 18.6 Å². The highest BCUT2D eigenvalue weighted by atomic mass is 16.5. The molecule has 1 unspecified atom stereocenters. The fourth-order valence-electron chi connectivity index (χ4n) is 3.37. The minimum Gasteiger partial charge on any atom is -0.495 e. The minimum atomic E-state index is -0.126. The summed E-state index contributed by atoms with van der Waals surface area (Å²) in [5.74, 6) is 1.62. The molecule has 27 heavy (non-hydrogen) atoms. The molecule has 1 atom stereocenters. The van der Waals surface area contributed by atoms with Crippen LogP contribution >= 0.6 is 0 Å². The van der Waals surface area contributed by atoms with Gasteiger partial charge in [0, 0.05) is 18.5 Å². The lowest BCUT2D eigenvalue weighted by atomic mass is 10.1. The molecule has 138 valence electrons. The summed E-state index contributed by atoms with van der Waals surface area (Å²) < 4.78 is 10.9. The topological polar surface area (TPSA) is 68.5 Å². The first-order valence-corrected chi connectivity index (χ1v) is 9.06. The van der Waals surface area contributed by atoms with E-state index >= 15 is 0 Å². The predicted octanol–water partition coefficient (Wildman–Crippen LogP) is 3.83. The first-order valence-electron chi connectivity index (χ1n) is 9.06. The summed E-state index contributed by atoms with van der Waals surface area (Å²) in [5, 5.41) is 4.10. The lowest BCUT2D eigenvalue weighted by Gasteiger charge is -2.18. The van der Waals surface area contributed by atoms with Gasteiger partial charge in [-0.3, -0.25) is 4.79 Å². The number of aryl methyl sites for hydroxylation is 1. The zero-order valence-corrected chi connectivity index (χ0v) is 15.4. The lowest BCUT2D eigenvalue weighted by Crippen LogP contribution is -2.24. The number of aromatic nitrogens is 2. The molecule has 6 nitrogen and oxygen atoms in total.